The van der Waals surface area contributed by atoms with E-state index < -0.39 is 0 Å². The maximum absolute atomic E-state index is 11.7. The van der Waals surface area contributed by atoms with Crippen molar-refractivity contribution in [2.24, 2.45) is 0 Å². The van der Waals surface area contributed by atoms with Crippen molar-refractivity contribution >= 4 is 5.91 Å². The zero-order chi connectivity index (χ0) is 14.6. The van der Waals surface area contributed by atoms with E-state index >= 15 is 0 Å². The first-order chi connectivity index (χ1) is 9.74. The van der Waals surface area contributed by atoms with Crippen molar-refractivity contribution in [2.45, 2.75) is 13.0 Å². The third-order valence-electron chi connectivity index (χ3n) is 2.71. The molecule has 0 aliphatic rings. The molecule has 1 atom stereocenters. The highest BCUT2D eigenvalue weighted by atomic mass is 16.5. The van der Waals surface area contributed by atoms with Gasteiger partial charge in [-0.3, -0.25) is 4.79 Å². The summed E-state index contributed by atoms with van der Waals surface area (Å²) in [6.07, 6.45) is 0. The van der Waals surface area contributed by atoms with E-state index in [-0.39, 0.29) is 18.6 Å². The summed E-state index contributed by atoms with van der Waals surface area (Å²) in [6.45, 7) is 3.96. The van der Waals surface area contributed by atoms with E-state index in [1.54, 1.807) is 7.11 Å². The normalized spacial score (nSPS) is 12.1. The summed E-state index contributed by atoms with van der Waals surface area (Å²) in [7, 11) is 1.62. The van der Waals surface area contributed by atoms with E-state index in [4.69, 9.17) is 14.2 Å². The van der Waals surface area contributed by atoms with Crippen molar-refractivity contribution in [3.8, 4) is 0 Å². The van der Waals surface area contributed by atoms with Gasteiger partial charge >= 0.3 is 0 Å². The number of carbonyl (C=O) groups excluding carboxylic acids is 1. The van der Waals surface area contributed by atoms with Crippen LogP contribution in [-0.4, -0.2) is 46.1 Å². The lowest BCUT2D eigenvalue weighted by Crippen LogP contribution is -2.30. The highest BCUT2D eigenvalue weighted by molar-refractivity contribution is 5.77. The Morgan fingerprint density at radius 2 is 1.75 bits per heavy atom. The second-order valence-electron chi connectivity index (χ2n) is 4.36. The van der Waals surface area contributed by atoms with Crippen LogP contribution >= 0.6 is 0 Å². The third kappa shape index (κ3) is 7.23. The molecule has 1 rings (SSSR count). The minimum absolute atomic E-state index is 0.0229. The Morgan fingerprint density at radius 3 is 2.45 bits per heavy atom. The van der Waals surface area contributed by atoms with Crippen molar-refractivity contribution in [3.05, 3.63) is 35.9 Å². The number of amides is 1. The van der Waals surface area contributed by atoms with Crippen LogP contribution in [0.3, 0.4) is 0 Å². The fourth-order valence-electron chi connectivity index (χ4n) is 1.64. The molecule has 5 nitrogen and oxygen atoms in total. The third-order valence-corrected chi connectivity index (χ3v) is 2.71. The maximum atomic E-state index is 11.7. The van der Waals surface area contributed by atoms with Gasteiger partial charge in [0.25, 0.3) is 0 Å². The molecule has 0 radical (unpaired) electrons. The summed E-state index contributed by atoms with van der Waals surface area (Å²) in [5.74, 6) is -0.127. The lowest BCUT2D eigenvalue weighted by Gasteiger charge is -2.14. The number of hydrogen-bond acceptors (Lipinski definition) is 4. The van der Waals surface area contributed by atoms with E-state index in [0.717, 1.165) is 5.56 Å². The van der Waals surface area contributed by atoms with E-state index in [0.29, 0.717) is 26.4 Å². The second kappa shape index (κ2) is 10.4. The second-order valence-corrected chi connectivity index (χ2v) is 4.36. The number of nitrogens with one attached hydrogen (secondary N) is 1. The summed E-state index contributed by atoms with van der Waals surface area (Å²) in [4.78, 5) is 11.7. The van der Waals surface area contributed by atoms with Crippen molar-refractivity contribution < 1.29 is 19.0 Å². The van der Waals surface area contributed by atoms with Crippen LogP contribution in [0.4, 0.5) is 0 Å². The van der Waals surface area contributed by atoms with Crippen molar-refractivity contribution in [1.29, 1.82) is 0 Å². The van der Waals surface area contributed by atoms with E-state index in [9.17, 15) is 4.79 Å². The van der Waals surface area contributed by atoms with Gasteiger partial charge in [0.1, 0.15) is 6.61 Å². The lowest BCUT2D eigenvalue weighted by molar-refractivity contribution is -0.126. The SMILES string of the molecule is COCCOCCOCC(=O)N[C@@H](C)c1ccccc1. The molecule has 5 heteroatoms. The first-order valence-corrected chi connectivity index (χ1v) is 6.72. The van der Waals surface area contributed by atoms with E-state index in [1.807, 2.05) is 37.3 Å². The molecular formula is C15H23NO4. The predicted octanol–water partition coefficient (Wildman–Crippen LogP) is 1.54. The van der Waals surface area contributed by atoms with Crippen LogP contribution in [0.5, 0.6) is 0 Å². The Labute approximate surface area is 120 Å². The van der Waals surface area contributed by atoms with Gasteiger partial charge in [-0.25, -0.2) is 0 Å². The van der Waals surface area contributed by atoms with Gasteiger partial charge in [-0.15, -0.1) is 0 Å². The number of rotatable bonds is 10. The Morgan fingerprint density at radius 1 is 1.10 bits per heavy atom. The minimum atomic E-state index is -0.127. The van der Waals surface area contributed by atoms with Crippen LogP contribution in [0.2, 0.25) is 0 Å². The number of hydrogen-bond donors (Lipinski definition) is 1. The summed E-state index contributed by atoms with van der Waals surface area (Å²) in [5, 5.41) is 2.88. The van der Waals surface area contributed by atoms with Crippen LogP contribution in [0.25, 0.3) is 0 Å². The molecular weight excluding hydrogens is 258 g/mol. The van der Waals surface area contributed by atoms with Crippen molar-refractivity contribution in [2.75, 3.05) is 40.1 Å². The van der Waals surface area contributed by atoms with Gasteiger partial charge in [0.2, 0.25) is 5.91 Å². The topological polar surface area (TPSA) is 56.8 Å². The molecule has 0 unspecified atom stereocenters. The van der Waals surface area contributed by atoms with Gasteiger partial charge in [-0.2, -0.15) is 0 Å². The van der Waals surface area contributed by atoms with E-state index in [1.165, 1.54) is 0 Å². The molecule has 0 fully saturated rings. The summed E-state index contributed by atoms with van der Waals surface area (Å²) in [6, 6.07) is 9.79. The van der Waals surface area contributed by atoms with Crippen LogP contribution in [-0.2, 0) is 19.0 Å². The van der Waals surface area contributed by atoms with Gasteiger partial charge in [0, 0.05) is 7.11 Å². The summed E-state index contributed by atoms with van der Waals surface area (Å²) >= 11 is 0. The highest BCUT2D eigenvalue weighted by Crippen LogP contribution is 2.10. The molecule has 0 spiro atoms. The first-order valence-electron chi connectivity index (χ1n) is 6.72. The molecule has 20 heavy (non-hydrogen) atoms. The van der Waals surface area contributed by atoms with Gasteiger partial charge < -0.3 is 19.5 Å². The molecule has 1 aromatic rings. The molecule has 1 N–H and O–H groups in total. The van der Waals surface area contributed by atoms with Gasteiger partial charge in [0.05, 0.1) is 32.5 Å². The molecule has 0 heterocycles. The predicted molar refractivity (Wildman–Crippen MR) is 76.5 cm³/mol. The molecule has 0 aromatic heterocycles. The Kier molecular flexibility index (Phi) is 8.62. The fourth-order valence-corrected chi connectivity index (χ4v) is 1.64. The number of benzene rings is 1. The van der Waals surface area contributed by atoms with Crippen LogP contribution in [0.1, 0.15) is 18.5 Å². The number of carbonyl (C=O) groups is 1. The Hall–Kier alpha value is -1.43. The Balaban J connectivity index is 2.08. The minimum Gasteiger partial charge on any atom is -0.382 e. The van der Waals surface area contributed by atoms with Gasteiger partial charge in [-0.05, 0) is 12.5 Å². The van der Waals surface area contributed by atoms with Crippen LogP contribution in [0, 0.1) is 0 Å². The average Bonchev–Trinajstić information content (AvgIpc) is 2.47. The zero-order valence-electron chi connectivity index (χ0n) is 12.1. The molecule has 1 amide bonds. The highest BCUT2D eigenvalue weighted by Gasteiger charge is 2.08. The van der Waals surface area contributed by atoms with Crippen LogP contribution in [0.15, 0.2) is 30.3 Å². The molecule has 0 aliphatic carbocycles. The maximum Gasteiger partial charge on any atom is 0.246 e. The molecule has 112 valence electrons. The molecule has 0 aliphatic heterocycles. The summed E-state index contributed by atoms with van der Waals surface area (Å²) < 4.78 is 15.3. The Bertz CT molecular complexity index is 369. The largest absolute Gasteiger partial charge is 0.382 e. The molecule has 0 bridgehead atoms. The smallest absolute Gasteiger partial charge is 0.246 e. The molecule has 0 saturated heterocycles. The van der Waals surface area contributed by atoms with Gasteiger partial charge in [0.15, 0.2) is 0 Å². The van der Waals surface area contributed by atoms with Crippen molar-refractivity contribution in [3.63, 3.8) is 0 Å². The zero-order valence-corrected chi connectivity index (χ0v) is 12.1. The number of methoxy groups -OCH3 is 1. The summed E-state index contributed by atoms with van der Waals surface area (Å²) in [5.41, 5.74) is 1.07. The monoisotopic (exact) mass is 281 g/mol. The lowest BCUT2D eigenvalue weighted by atomic mass is 10.1. The molecule has 0 saturated carbocycles. The van der Waals surface area contributed by atoms with E-state index in [2.05, 4.69) is 5.32 Å². The van der Waals surface area contributed by atoms with Crippen LogP contribution < -0.4 is 5.32 Å². The first kappa shape index (κ1) is 16.6. The fraction of sp³-hybridized carbons (Fsp3) is 0.533. The molecule has 1 aromatic carbocycles. The van der Waals surface area contributed by atoms with Crippen molar-refractivity contribution in [1.82, 2.24) is 5.32 Å². The quantitative estimate of drug-likeness (QED) is 0.661. The standard InChI is InChI=1S/C15H23NO4/c1-13(14-6-4-3-5-7-14)16-15(17)12-20-11-10-19-9-8-18-2/h3-7,13H,8-12H2,1-2H3,(H,16,17)/t13-/m0/s1. The average molecular weight is 281 g/mol. The number of ether oxygens (including phenoxy) is 3. The van der Waals surface area contributed by atoms with Gasteiger partial charge in [-0.1, -0.05) is 30.3 Å².